The van der Waals surface area contributed by atoms with Crippen molar-refractivity contribution in [1.82, 2.24) is 0 Å². The Kier molecular flexibility index (Phi) is 4.81. The van der Waals surface area contributed by atoms with Crippen LogP contribution in [0.15, 0.2) is 40.9 Å². The van der Waals surface area contributed by atoms with Gasteiger partial charge in [0.1, 0.15) is 13.2 Å². The molecule has 1 atom stereocenters. The number of rotatable bonds is 3. The minimum atomic E-state index is -0.269. The highest BCUT2D eigenvalue weighted by molar-refractivity contribution is 9.10. The summed E-state index contributed by atoms with van der Waals surface area (Å²) in [7, 11) is 1.81. The SMILES string of the molecule is Cc1cc(N(C)C(=O)C(C)c2ccc3c(c2)OCCO3)ccc1Br. The molecule has 0 spiro atoms. The van der Waals surface area contributed by atoms with Gasteiger partial charge in [-0.15, -0.1) is 0 Å². The van der Waals surface area contributed by atoms with E-state index < -0.39 is 0 Å². The molecule has 126 valence electrons. The molecule has 0 aromatic heterocycles. The van der Waals surface area contributed by atoms with Crippen molar-refractivity contribution in [3.8, 4) is 11.5 Å². The second-order valence-electron chi connectivity index (χ2n) is 5.96. The zero-order valence-corrected chi connectivity index (χ0v) is 15.6. The number of carbonyl (C=O) groups excluding carboxylic acids is 1. The van der Waals surface area contributed by atoms with Crippen LogP contribution in [-0.4, -0.2) is 26.2 Å². The number of aryl methyl sites for hydroxylation is 1. The number of ether oxygens (including phenoxy) is 2. The maximum atomic E-state index is 12.9. The van der Waals surface area contributed by atoms with Crippen molar-refractivity contribution in [2.45, 2.75) is 19.8 Å². The van der Waals surface area contributed by atoms with Crippen molar-refractivity contribution in [2.75, 3.05) is 25.2 Å². The van der Waals surface area contributed by atoms with E-state index in [1.807, 2.05) is 50.2 Å². The van der Waals surface area contributed by atoms with E-state index in [0.29, 0.717) is 19.0 Å². The van der Waals surface area contributed by atoms with Crippen LogP contribution in [0.2, 0.25) is 0 Å². The number of halogens is 1. The standard InChI is InChI=1S/C19H20BrNO3/c1-12-10-15(5-6-16(12)20)21(3)19(22)13(2)14-4-7-17-18(11-14)24-9-8-23-17/h4-7,10-11,13H,8-9H2,1-3H3. The van der Waals surface area contributed by atoms with Gasteiger partial charge >= 0.3 is 0 Å². The van der Waals surface area contributed by atoms with Crippen molar-refractivity contribution in [3.05, 3.63) is 52.0 Å². The van der Waals surface area contributed by atoms with E-state index in [9.17, 15) is 4.79 Å². The van der Waals surface area contributed by atoms with Gasteiger partial charge in [-0.25, -0.2) is 0 Å². The maximum Gasteiger partial charge on any atom is 0.233 e. The summed E-state index contributed by atoms with van der Waals surface area (Å²) in [6, 6.07) is 11.6. The predicted molar refractivity (Wildman–Crippen MR) is 98.1 cm³/mol. The van der Waals surface area contributed by atoms with Gasteiger partial charge in [0.15, 0.2) is 11.5 Å². The topological polar surface area (TPSA) is 38.8 Å². The van der Waals surface area contributed by atoms with Gasteiger partial charge in [0.25, 0.3) is 0 Å². The first-order valence-corrected chi connectivity index (χ1v) is 8.70. The number of fused-ring (bicyclic) bond motifs is 1. The Labute approximate surface area is 150 Å². The van der Waals surface area contributed by atoms with E-state index in [-0.39, 0.29) is 11.8 Å². The number of benzene rings is 2. The third-order valence-corrected chi connectivity index (χ3v) is 5.19. The van der Waals surface area contributed by atoms with Crippen molar-refractivity contribution >= 4 is 27.5 Å². The molecule has 2 aromatic rings. The summed E-state index contributed by atoms with van der Waals surface area (Å²) < 4.78 is 12.2. The second-order valence-corrected chi connectivity index (χ2v) is 6.81. The van der Waals surface area contributed by atoms with Crippen molar-refractivity contribution in [1.29, 1.82) is 0 Å². The Hall–Kier alpha value is -2.01. The molecule has 0 fully saturated rings. The van der Waals surface area contributed by atoms with Crippen LogP contribution in [0.3, 0.4) is 0 Å². The first-order chi connectivity index (χ1) is 11.5. The third-order valence-electron chi connectivity index (χ3n) is 4.30. The summed E-state index contributed by atoms with van der Waals surface area (Å²) in [5, 5.41) is 0. The third kappa shape index (κ3) is 3.26. The number of amides is 1. The Morgan fingerprint density at radius 1 is 1.12 bits per heavy atom. The largest absolute Gasteiger partial charge is 0.486 e. The Balaban J connectivity index is 1.82. The molecular weight excluding hydrogens is 370 g/mol. The molecule has 1 amide bonds. The van der Waals surface area contributed by atoms with E-state index >= 15 is 0 Å². The van der Waals surface area contributed by atoms with Gasteiger partial charge in [-0.05, 0) is 55.3 Å². The molecule has 0 bridgehead atoms. The summed E-state index contributed by atoms with van der Waals surface area (Å²) in [4.78, 5) is 14.5. The van der Waals surface area contributed by atoms with Crippen LogP contribution in [0.5, 0.6) is 11.5 Å². The van der Waals surface area contributed by atoms with Crippen LogP contribution in [0, 0.1) is 6.92 Å². The predicted octanol–water partition coefficient (Wildman–Crippen LogP) is 4.30. The van der Waals surface area contributed by atoms with E-state index in [1.165, 1.54) is 0 Å². The molecule has 3 rings (SSSR count). The molecular formula is C19H20BrNO3. The number of hydrogen-bond donors (Lipinski definition) is 0. The number of carbonyl (C=O) groups is 1. The molecule has 1 heterocycles. The van der Waals surface area contributed by atoms with E-state index in [0.717, 1.165) is 27.0 Å². The quantitative estimate of drug-likeness (QED) is 0.785. The molecule has 0 radical (unpaired) electrons. The van der Waals surface area contributed by atoms with E-state index in [4.69, 9.17) is 9.47 Å². The van der Waals surface area contributed by atoms with Gasteiger partial charge in [0, 0.05) is 17.2 Å². The van der Waals surface area contributed by atoms with Gasteiger partial charge in [0.05, 0.1) is 5.92 Å². The van der Waals surface area contributed by atoms with E-state index in [1.54, 1.807) is 11.9 Å². The van der Waals surface area contributed by atoms with E-state index in [2.05, 4.69) is 15.9 Å². The number of anilines is 1. The Bertz CT molecular complexity index is 775. The normalized spacial score (nSPS) is 14.2. The fraction of sp³-hybridized carbons (Fsp3) is 0.316. The van der Waals surface area contributed by atoms with Gasteiger partial charge < -0.3 is 14.4 Å². The van der Waals surface area contributed by atoms with Gasteiger partial charge in [-0.1, -0.05) is 22.0 Å². The lowest BCUT2D eigenvalue weighted by molar-refractivity contribution is -0.119. The highest BCUT2D eigenvalue weighted by Crippen LogP contribution is 2.34. The molecule has 4 nitrogen and oxygen atoms in total. The fourth-order valence-corrected chi connectivity index (χ4v) is 2.97. The highest BCUT2D eigenvalue weighted by Gasteiger charge is 2.23. The lowest BCUT2D eigenvalue weighted by Gasteiger charge is -2.24. The molecule has 0 saturated carbocycles. The lowest BCUT2D eigenvalue weighted by Crippen LogP contribution is -2.30. The van der Waals surface area contributed by atoms with Crippen LogP contribution >= 0.6 is 15.9 Å². The maximum absolute atomic E-state index is 12.9. The zero-order valence-electron chi connectivity index (χ0n) is 14.0. The molecule has 1 aliphatic heterocycles. The van der Waals surface area contributed by atoms with Gasteiger partial charge in [-0.2, -0.15) is 0 Å². The average molecular weight is 390 g/mol. The van der Waals surface area contributed by atoms with Crippen LogP contribution in [0.25, 0.3) is 0 Å². The Morgan fingerprint density at radius 2 is 1.83 bits per heavy atom. The molecule has 2 aromatic carbocycles. The van der Waals surface area contributed by atoms with Crippen LogP contribution in [0.1, 0.15) is 24.0 Å². The lowest BCUT2D eigenvalue weighted by atomic mass is 9.98. The second kappa shape index (κ2) is 6.85. The van der Waals surface area contributed by atoms with Crippen molar-refractivity contribution in [2.24, 2.45) is 0 Å². The Morgan fingerprint density at radius 3 is 2.54 bits per heavy atom. The van der Waals surface area contributed by atoms with Crippen LogP contribution in [-0.2, 0) is 4.79 Å². The number of nitrogens with zero attached hydrogens (tertiary/aromatic N) is 1. The highest BCUT2D eigenvalue weighted by atomic mass is 79.9. The summed E-state index contributed by atoms with van der Waals surface area (Å²) in [6.07, 6.45) is 0. The molecule has 0 aliphatic carbocycles. The first-order valence-electron chi connectivity index (χ1n) is 7.90. The number of likely N-dealkylation sites (N-methyl/N-ethyl adjacent to an activating group) is 1. The minimum absolute atomic E-state index is 0.0356. The minimum Gasteiger partial charge on any atom is -0.486 e. The average Bonchev–Trinajstić information content (AvgIpc) is 2.61. The zero-order chi connectivity index (χ0) is 17.3. The fourth-order valence-electron chi connectivity index (χ4n) is 2.73. The first kappa shape index (κ1) is 16.8. The summed E-state index contributed by atoms with van der Waals surface area (Å²) in [5.74, 6) is 1.21. The van der Waals surface area contributed by atoms with Crippen molar-refractivity contribution < 1.29 is 14.3 Å². The smallest absolute Gasteiger partial charge is 0.233 e. The summed E-state index contributed by atoms with van der Waals surface area (Å²) in [6.45, 7) is 5.02. The summed E-state index contributed by atoms with van der Waals surface area (Å²) >= 11 is 3.49. The molecule has 24 heavy (non-hydrogen) atoms. The van der Waals surface area contributed by atoms with Gasteiger partial charge in [0.2, 0.25) is 5.91 Å². The molecule has 1 unspecified atom stereocenters. The summed E-state index contributed by atoms with van der Waals surface area (Å²) in [5.41, 5.74) is 2.90. The molecule has 1 aliphatic rings. The van der Waals surface area contributed by atoms with Gasteiger partial charge in [-0.3, -0.25) is 4.79 Å². The monoisotopic (exact) mass is 389 g/mol. The van der Waals surface area contributed by atoms with Crippen molar-refractivity contribution in [3.63, 3.8) is 0 Å². The molecule has 0 saturated heterocycles. The molecule has 5 heteroatoms. The van der Waals surface area contributed by atoms with Crippen LogP contribution < -0.4 is 14.4 Å². The van der Waals surface area contributed by atoms with Crippen LogP contribution in [0.4, 0.5) is 5.69 Å². The molecule has 0 N–H and O–H groups in total. The number of hydrogen-bond acceptors (Lipinski definition) is 3.